The maximum Gasteiger partial charge on any atom is 0.165 e. The Bertz CT molecular complexity index is 1260. The van der Waals surface area contributed by atoms with Crippen molar-refractivity contribution in [1.82, 2.24) is 24.9 Å². The van der Waals surface area contributed by atoms with Crippen molar-refractivity contribution in [3.63, 3.8) is 0 Å². The van der Waals surface area contributed by atoms with Gasteiger partial charge in [-0.05, 0) is 60.8 Å². The predicted octanol–water partition coefficient (Wildman–Crippen LogP) is 4.43. The van der Waals surface area contributed by atoms with E-state index < -0.39 is 0 Å². The molecule has 0 spiro atoms. The van der Waals surface area contributed by atoms with Crippen molar-refractivity contribution in [3.8, 4) is 11.1 Å². The summed E-state index contributed by atoms with van der Waals surface area (Å²) in [5.74, 6) is 0.538. The summed E-state index contributed by atoms with van der Waals surface area (Å²) < 4.78 is 7.93. The largest absolute Gasteiger partial charge is 0.383 e. The van der Waals surface area contributed by atoms with Crippen LogP contribution in [0.2, 0.25) is 0 Å². The Balaban J connectivity index is 1.57. The molecule has 31 heavy (non-hydrogen) atoms. The van der Waals surface area contributed by atoms with Gasteiger partial charge in [-0.1, -0.05) is 11.6 Å². The standard InChI is InChI=1S/C23H25BrN6O/c1-13-3-4-19-15(9-13)10-16(11-26-19)18-12-27-30-22(25)20(24)21(29-23(18)30)14(2)28-17-5-7-31-8-6-17/h3-4,9-12,14,17,28H,5-8,25H2,1-2H3. The second kappa shape index (κ2) is 8.18. The molecule has 0 amide bonds. The number of hydrogen-bond acceptors (Lipinski definition) is 6. The molecule has 3 N–H and O–H groups in total. The average molecular weight is 481 g/mol. The highest BCUT2D eigenvalue weighted by Crippen LogP contribution is 2.33. The van der Waals surface area contributed by atoms with Crippen molar-refractivity contribution in [1.29, 1.82) is 0 Å². The smallest absolute Gasteiger partial charge is 0.165 e. The highest BCUT2D eigenvalue weighted by Gasteiger charge is 2.23. The van der Waals surface area contributed by atoms with Crippen LogP contribution in [0.3, 0.4) is 0 Å². The summed E-state index contributed by atoms with van der Waals surface area (Å²) in [6.45, 7) is 5.79. The minimum atomic E-state index is 0.0323. The first kappa shape index (κ1) is 20.4. The summed E-state index contributed by atoms with van der Waals surface area (Å²) in [4.78, 5) is 9.62. The number of anilines is 1. The summed E-state index contributed by atoms with van der Waals surface area (Å²) >= 11 is 3.65. The van der Waals surface area contributed by atoms with E-state index in [2.05, 4.69) is 63.4 Å². The van der Waals surface area contributed by atoms with Crippen LogP contribution in [0, 0.1) is 6.92 Å². The first-order valence-electron chi connectivity index (χ1n) is 10.5. The molecule has 1 aliphatic heterocycles. The van der Waals surface area contributed by atoms with Gasteiger partial charge in [-0.3, -0.25) is 4.98 Å². The SMILES string of the molecule is Cc1ccc2ncc(-c3cnn4c(N)c(Br)c(C(C)NC5CCOCC5)nc34)cc2c1. The molecule has 0 bridgehead atoms. The maximum absolute atomic E-state index is 6.44. The fourth-order valence-corrected chi connectivity index (χ4v) is 4.80. The van der Waals surface area contributed by atoms with Crippen LogP contribution in [0.1, 0.15) is 37.1 Å². The van der Waals surface area contributed by atoms with Gasteiger partial charge < -0.3 is 15.8 Å². The molecule has 7 nitrogen and oxygen atoms in total. The van der Waals surface area contributed by atoms with Crippen LogP contribution in [0.4, 0.5) is 5.82 Å². The monoisotopic (exact) mass is 480 g/mol. The molecule has 4 heterocycles. The molecule has 4 aromatic rings. The minimum Gasteiger partial charge on any atom is -0.383 e. The number of nitrogens with one attached hydrogen (secondary N) is 1. The molecule has 8 heteroatoms. The highest BCUT2D eigenvalue weighted by atomic mass is 79.9. The van der Waals surface area contributed by atoms with Gasteiger partial charge >= 0.3 is 0 Å². The second-order valence-electron chi connectivity index (χ2n) is 8.19. The van der Waals surface area contributed by atoms with E-state index in [-0.39, 0.29) is 6.04 Å². The lowest BCUT2D eigenvalue weighted by atomic mass is 10.1. The summed E-state index contributed by atoms with van der Waals surface area (Å²) in [6, 6.07) is 8.83. The van der Waals surface area contributed by atoms with E-state index in [4.69, 9.17) is 15.5 Å². The number of halogens is 1. The van der Waals surface area contributed by atoms with Crippen LogP contribution in [-0.2, 0) is 4.74 Å². The number of nitrogens with two attached hydrogens (primary N) is 1. The van der Waals surface area contributed by atoms with Crippen molar-refractivity contribution >= 4 is 38.3 Å². The number of fused-ring (bicyclic) bond motifs is 2. The molecule has 160 valence electrons. The molecule has 1 atom stereocenters. The van der Waals surface area contributed by atoms with E-state index in [9.17, 15) is 0 Å². The van der Waals surface area contributed by atoms with Crippen molar-refractivity contribution in [2.45, 2.75) is 38.8 Å². The minimum absolute atomic E-state index is 0.0323. The first-order chi connectivity index (χ1) is 15.0. The molecule has 5 rings (SSSR count). The van der Waals surface area contributed by atoms with Crippen LogP contribution < -0.4 is 11.1 Å². The van der Waals surface area contributed by atoms with E-state index in [0.29, 0.717) is 11.9 Å². The van der Waals surface area contributed by atoms with Crippen molar-refractivity contribution in [2.75, 3.05) is 18.9 Å². The van der Waals surface area contributed by atoms with E-state index >= 15 is 0 Å². The Hall–Kier alpha value is -2.55. The maximum atomic E-state index is 6.44. The van der Waals surface area contributed by atoms with Gasteiger partial charge in [-0.15, -0.1) is 0 Å². The van der Waals surface area contributed by atoms with Gasteiger partial charge in [-0.25, -0.2) is 4.98 Å². The molecular formula is C23H25BrN6O. The molecular weight excluding hydrogens is 456 g/mol. The van der Waals surface area contributed by atoms with Crippen molar-refractivity contribution < 1.29 is 4.74 Å². The fraction of sp³-hybridized carbons (Fsp3) is 0.348. The van der Waals surface area contributed by atoms with Crippen LogP contribution >= 0.6 is 15.9 Å². The van der Waals surface area contributed by atoms with Gasteiger partial charge in [0, 0.05) is 48.0 Å². The van der Waals surface area contributed by atoms with Crippen LogP contribution in [0.25, 0.3) is 27.7 Å². The molecule has 3 aromatic heterocycles. The third-order valence-corrected chi connectivity index (χ3v) is 6.73. The zero-order chi connectivity index (χ0) is 21.5. The number of nitrogens with zero attached hydrogens (tertiary/aromatic N) is 4. The number of benzene rings is 1. The van der Waals surface area contributed by atoms with E-state index in [1.54, 1.807) is 4.52 Å². The van der Waals surface area contributed by atoms with Crippen LogP contribution in [0.15, 0.2) is 41.1 Å². The van der Waals surface area contributed by atoms with Gasteiger partial charge in [0.25, 0.3) is 0 Å². The number of rotatable bonds is 4. The van der Waals surface area contributed by atoms with Gasteiger partial charge in [0.05, 0.1) is 21.9 Å². The molecule has 1 aliphatic rings. The highest BCUT2D eigenvalue weighted by molar-refractivity contribution is 9.10. The third kappa shape index (κ3) is 3.79. The average Bonchev–Trinajstić information content (AvgIpc) is 3.20. The van der Waals surface area contributed by atoms with Gasteiger partial charge in [-0.2, -0.15) is 9.61 Å². The Morgan fingerprint density at radius 2 is 2.03 bits per heavy atom. The molecule has 1 fully saturated rings. The van der Waals surface area contributed by atoms with Crippen LogP contribution in [-0.4, -0.2) is 38.8 Å². The molecule has 0 radical (unpaired) electrons. The molecule has 0 saturated carbocycles. The van der Waals surface area contributed by atoms with Gasteiger partial charge in [0.2, 0.25) is 0 Å². The number of pyridine rings is 1. The summed E-state index contributed by atoms with van der Waals surface area (Å²) in [5.41, 5.74) is 12.1. The quantitative estimate of drug-likeness (QED) is 0.448. The number of ether oxygens (including phenoxy) is 1. The van der Waals surface area contributed by atoms with E-state index in [0.717, 1.165) is 63.9 Å². The van der Waals surface area contributed by atoms with Crippen molar-refractivity contribution in [3.05, 3.63) is 52.4 Å². The number of aromatic nitrogens is 4. The van der Waals surface area contributed by atoms with E-state index in [1.807, 2.05) is 18.5 Å². The number of aryl methyl sites for hydroxylation is 1. The normalized spacial score (nSPS) is 16.2. The topological polar surface area (TPSA) is 90.4 Å². The number of nitrogen functional groups attached to an aromatic ring is 1. The van der Waals surface area contributed by atoms with E-state index in [1.165, 1.54) is 5.56 Å². The van der Waals surface area contributed by atoms with Gasteiger partial charge in [0.15, 0.2) is 5.65 Å². The molecule has 0 aliphatic carbocycles. The summed E-state index contributed by atoms with van der Waals surface area (Å²) in [6.07, 6.45) is 5.68. The zero-order valence-corrected chi connectivity index (χ0v) is 19.2. The third-order valence-electron chi connectivity index (χ3n) is 5.91. The van der Waals surface area contributed by atoms with Gasteiger partial charge in [0.1, 0.15) is 5.82 Å². The molecule has 1 aromatic carbocycles. The first-order valence-corrected chi connectivity index (χ1v) is 11.3. The second-order valence-corrected chi connectivity index (χ2v) is 8.98. The Morgan fingerprint density at radius 1 is 1.23 bits per heavy atom. The van der Waals surface area contributed by atoms with Crippen molar-refractivity contribution in [2.24, 2.45) is 0 Å². The predicted molar refractivity (Wildman–Crippen MR) is 126 cm³/mol. The molecule has 1 unspecified atom stereocenters. The number of hydrogen-bond donors (Lipinski definition) is 2. The zero-order valence-electron chi connectivity index (χ0n) is 17.6. The Morgan fingerprint density at radius 3 is 2.84 bits per heavy atom. The fourth-order valence-electron chi connectivity index (χ4n) is 4.20. The van der Waals surface area contributed by atoms with Crippen LogP contribution in [0.5, 0.6) is 0 Å². The Kier molecular flexibility index (Phi) is 5.37. The summed E-state index contributed by atoms with van der Waals surface area (Å²) in [5, 5.41) is 9.28. The lowest BCUT2D eigenvalue weighted by Gasteiger charge is -2.27. The lowest BCUT2D eigenvalue weighted by Crippen LogP contribution is -2.37. The summed E-state index contributed by atoms with van der Waals surface area (Å²) in [7, 11) is 0. The lowest BCUT2D eigenvalue weighted by molar-refractivity contribution is 0.0753. The Labute approximate surface area is 189 Å². The molecule has 1 saturated heterocycles.